The predicted molar refractivity (Wildman–Crippen MR) is 71.3 cm³/mol. The molecule has 18 heavy (non-hydrogen) atoms. The van der Waals surface area contributed by atoms with Crippen molar-refractivity contribution in [3.63, 3.8) is 0 Å². The number of nitrogens with zero attached hydrogens (tertiary/aromatic N) is 3. The van der Waals surface area contributed by atoms with Crippen molar-refractivity contribution in [3.8, 4) is 0 Å². The average Bonchev–Trinajstić information content (AvgIpc) is 2.80. The third-order valence-corrected chi connectivity index (χ3v) is 3.06. The largest absolute Gasteiger partial charge is 0.308 e. The van der Waals surface area contributed by atoms with Crippen molar-refractivity contribution in [2.75, 3.05) is 0 Å². The van der Waals surface area contributed by atoms with Crippen LogP contribution in [0.4, 0.5) is 0 Å². The molecular formula is C12H17N5S. The number of hydrogen-bond acceptors (Lipinski definition) is 5. The molecule has 6 heteroatoms. The van der Waals surface area contributed by atoms with E-state index in [0.717, 1.165) is 16.7 Å². The van der Waals surface area contributed by atoms with Crippen molar-refractivity contribution in [2.24, 2.45) is 0 Å². The average molecular weight is 263 g/mol. The molecule has 2 aromatic rings. The maximum atomic E-state index is 4.39. The SMILES string of the molecule is CC(C)(C)NCc1ccc(Sc2ncn[nH]2)nc1. The summed E-state index contributed by atoms with van der Waals surface area (Å²) in [7, 11) is 0. The van der Waals surface area contributed by atoms with Crippen molar-refractivity contribution < 1.29 is 0 Å². The monoisotopic (exact) mass is 263 g/mol. The molecule has 0 unspecified atom stereocenters. The molecule has 2 heterocycles. The van der Waals surface area contributed by atoms with Gasteiger partial charge in [0, 0.05) is 18.3 Å². The number of pyridine rings is 1. The predicted octanol–water partition coefficient (Wildman–Crippen LogP) is 2.24. The van der Waals surface area contributed by atoms with Crippen LogP contribution in [0.1, 0.15) is 26.3 Å². The number of H-pyrrole nitrogens is 1. The van der Waals surface area contributed by atoms with Crippen molar-refractivity contribution in [3.05, 3.63) is 30.2 Å². The van der Waals surface area contributed by atoms with Crippen LogP contribution in [0, 0.1) is 0 Å². The quantitative estimate of drug-likeness (QED) is 0.885. The minimum atomic E-state index is 0.118. The molecule has 0 saturated heterocycles. The van der Waals surface area contributed by atoms with Crippen LogP contribution in [0.25, 0.3) is 0 Å². The second-order valence-corrected chi connectivity index (χ2v) is 6.01. The fourth-order valence-corrected chi connectivity index (χ4v) is 1.92. The van der Waals surface area contributed by atoms with Crippen LogP contribution in [0.5, 0.6) is 0 Å². The first-order chi connectivity index (χ1) is 8.53. The molecule has 0 amide bonds. The van der Waals surface area contributed by atoms with Gasteiger partial charge in [-0.1, -0.05) is 6.07 Å². The molecule has 2 N–H and O–H groups in total. The summed E-state index contributed by atoms with van der Waals surface area (Å²) in [6.07, 6.45) is 3.38. The van der Waals surface area contributed by atoms with Gasteiger partial charge in [0.2, 0.25) is 0 Å². The van der Waals surface area contributed by atoms with E-state index in [2.05, 4.69) is 52.3 Å². The lowest BCUT2D eigenvalue weighted by Gasteiger charge is -2.20. The Morgan fingerprint density at radius 3 is 2.67 bits per heavy atom. The van der Waals surface area contributed by atoms with Crippen molar-refractivity contribution in [1.29, 1.82) is 0 Å². The van der Waals surface area contributed by atoms with Gasteiger partial charge in [0.1, 0.15) is 11.4 Å². The lowest BCUT2D eigenvalue weighted by Crippen LogP contribution is -2.35. The summed E-state index contributed by atoms with van der Waals surface area (Å²) in [6.45, 7) is 7.27. The Labute approximate surface area is 111 Å². The number of aromatic amines is 1. The van der Waals surface area contributed by atoms with E-state index in [4.69, 9.17) is 0 Å². The van der Waals surface area contributed by atoms with Gasteiger partial charge in [0.25, 0.3) is 0 Å². The van der Waals surface area contributed by atoms with Crippen molar-refractivity contribution >= 4 is 11.8 Å². The van der Waals surface area contributed by atoms with Crippen LogP contribution in [0.3, 0.4) is 0 Å². The van der Waals surface area contributed by atoms with Gasteiger partial charge in [-0.25, -0.2) is 9.97 Å². The number of aromatic nitrogens is 4. The summed E-state index contributed by atoms with van der Waals surface area (Å²) < 4.78 is 0. The smallest absolute Gasteiger partial charge is 0.189 e. The summed E-state index contributed by atoms with van der Waals surface area (Å²) in [5, 5.41) is 11.7. The molecule has 0 aliphatic heterocycles. The van der Waals surface area contributed by atoms with Crippen LogP contribution >= 0.6 is 11.8 Å². The van der Waals surface area contributed by atoms with Gasteiger partial charge in [-0.2, -0.15) is 5.10 Å². The maximum Gasteiger partial charge on any atom is 0.189 e. The highest BCUT2D eigenvalue weighted by atomic mass is 32.2. The van der Waals surface area contributed by atoms with Crippen LogP contribution in [0.2, 0.25) is 0 Å². The molecule has 0 aliphatic carbocycles. The Morgan fingerprint density at radius 1 is 1.28 bits per heavy atom. The summed E-state index contributed by atoms with van der Waals surface area (Å²) in [6, 6.07) is 4.07. The zero-order chi connectivity index (χ0) is 13.0. The molecule has 2 rings (SSSR count). The summed E-state index contributed by atoms with van der Waals surface area (Å²) in [4.78, 5) is 8.44. The first kappa shape index (κ1) is 13.0. The lowest BCUT2D eigenvalue weighted by atomic mass is 10.1. The summed E-state index contributed by atoms with van der Waals surface area (Å²) in [5.41, 5.74) is 1.29. The second-order valence-electron chi connectivity index (χ2n) is 5.00. The Balaban J connectivity index is 1.93. The number of rotatable bonds is 4. The fourth-order valence-electron chi connectivity index (χ4n) is 1.29. The van der Waals surface area contributed by atoms with Crippen LogP contribution in [0.15, 0.2) is 34.8 Å². The highest BCUT2D eigenvalue weighted by Gasteiger charge is 2.08. The van der Waals surface area contributed by atoms with E-state index in [-0.39, 0.29) is 5.54 Å². The van der Waals surface area contributed by atoms with E-state index in [1.54, 1.807) is 0 Å². The molecule has 0 fully saturated rings. The molecule has 5 nitrogen and oxygen atoms in total. The topological polar surface area (TPSA) is 66.5 Å². The normalized spacial score (nSPS) is 11.7. The van der Waals surface area contributed by atoms with E-state index in [1.165, 1.54) is 23.7 Å². The van der Waals surface area contributed by atoms with Crippen molar-refractivity contribution in [2.45, 2.75) is 43.0 Å². The third-order valence-electron chi connectivity index (χ3n) is 2.21. The van der Waals surface area contributed by atoms with E-state index in [0.29, 0.717) is 0 Å². The number of nitrogens with one attached hydrogen (secondary N) is 2. The molecule has 96 valence electrons. The Hall–Kier alpha value is -1.40. The second kappa shape index (κ2) is 5.49. The van der Waals surface area contributed by atoms with Gasteiger partial charge in [-0.15, -0.1) is 0 Å². The first-order valence-corrected chi connectivity index (χ1v) is 6.58. The molecule has 2 aromatic heterocycles. The molecule has 0 saturated carbocycles. The van der Waals surface area contributed by atoms with Gasteiger partial charge < -0.3 is 5.32 Å². The van der Waals surface area contributed by atoms with Gasteiger partial charge in [0.05, 0.1) is 0 Å². The van der Waals surface area contributed by atoms with Crippen molar-refractivity contribution in [1.82, 2.24) is 25.5 Å². The summed E-state index contributed by atoms with van der Waals surface area (Å²) >= 11 is 1.47. The highest BCUT2D eigenvalue weighted by Crippen LogP contribution is 2.21. The molecule has 0 atom stereocenters. The summed E-state index contributed by atoms with van der Waals surface area (Å²) in [5.74, 6) is 0. The zero-order valence-electron chi connectivity index (χ0n) is 10.8. The molecular weight excluding hydrogens is 246 g/mol. The van der Waals surface area contributed by atoms with E-state index in [9.17, 15) is 0 Å². The van der Waals surface area contributed by atoms with E-state index < -0.39 is 0 Å². The van der Waals surface area contributed by atoms with Gasteiger partial charge in [0.15, 0.2) is 5.16 Å². The van der Waals surface area contributed by atoms with Crippen LogP contribution in [-0.2, 0) is 6.54 Å². The van der Waals surface area contributed by atoms with E-state index in [1.807, 2.05) is 12.3 Å². The zero-order valence-corrected chi connectivity index (χ0v) is 11.6. The molecule has 0 bridgehead atoms. The maximum absolute atomic E-state index is 4.39. The van der Waals surface area contributed by atoms with Gasteiger partial charge in [-0.05, 0) is 44.2 Å². The first-order valence-electron chi connectivity index (χ1n) is 5.76. The van der Waals surface area contributed by atoms with Gasteiger partial charge in [-0.3, -0.25) is 5.10 Å². The lowest BCUT2D eigenvalue weighted by molar-refractivity contribution is 0.424. The molecule has 0 aliphatic rings. The van der Waals surface area contributed by atoms with Crippen LogP contribution < -0.4 is 5.32 Å². The molecule has 0 spiro atoms. The van der Waals surface area contributed by atoms with E-state index >= 15 is 0 Å². The highest BCUT2D eigenvalue weighted by molar-refractivity contribution is 7.99. The molecule has 0 radical (unpaired) electrons. The molecule has 0 aromatic carbocycles. The standard InChI is InChI=1S/C12H17N5S/c1-12(2,3)15-7-9-4-5-10(13-6-9)18-11-14-8-16-17-11/h4-6,8,15H,7H2,1-3H3,(H,14,16,17). The Bertz CT molecular complexity index is 472. The van der Waals surface area contributed by atoms with Gasteiger partial charge >= 0.3 is 0 Å². The Morgan fingerprint density at radius 2 is 2.11 bits per heavy atom. The number of hydrogen-bond donors (Lipinski definition) is 2. The Kier molecular flexibility index (Phi) is 3.98. The fraction of sp³-hybridized carbons (Fsp3) is 0.417. The third kappa shape index (κ3) is 4.12. The minimum Gasteiger partial charge on any atom is -0.308 e. The minimum absolute atomic E-state index is 0.118. The van der Waals surface area contributed by atoms with Crippen LogP contribution in [-0.4, -0.2) is 25.7 Å².